The van der Waals surface area contributed by atoms with E-state index >= 15 is 0 Å². The molecule has 0 saturated heterocycles. The van der Waals surface area contributed by atoms with Crippen LogP contribution in [0.15, 0.2) is 36.5 Å². The molecule has 6 nitrogen and oxygen atoms in total. The summed E-state index contributed by atoms with van der Waals surface area (Å²) in [6, 6.07) is 10.1. The third-order valence-electron chi connectivity index (χ3n) is 5.16. The second kappa shape index (κ2) is 6.12. The fourth-order valence-electron chi connectivity index (χ4n) is 3.71. The average molecular weight is 349 g/mol. The van der Waals surface area contributed by atoms with Crippen molar-refractivity contribution >= 4 is 28.3 Å². The van der Waals surface area contributed by atoms with Crippen LogP contribution in [0.5, 0.6) is 0 Å². The van der Waals surface area contributed by atoms with Gasteiger partial charge in [0.15, 0.2) is 5.65 Å². The van der Waals surface area contributed by atoms with Gasteiger partial charge in [0, 0.05) is 32.4 Å². The van der Waals surface area contributed by atoms with Crippen molar-refractivity contribution in [3.63, 3.8) is 0 Å². The molecule has 1 aliphatic heterocycles. The molecule has 6 heteroatoms. The Morgan fingerprint density at radius 2 is 1.92 bits per heavy atom. The first kappa shape index (κ1) is 16.6. The molecule has 134 valence electrons. The van der Waals surface area contributed by atoms with Gasteiger partial charge in [-0.15, -0.1) is 0 Å². The van der Waals surface area contributed by atoms with Gasteiger partial charge in [-0.25, -0.2) is 4.98 Å². The first-order chi connectivity index (χ1) is 12.5. The highest BCUT2D eigenvalue weighted by atomic mass is 16.2. The van der Waals surface area contributed by atoms with Gasteiger partial charge >= 0.3 is 0 Å². The van der Waals surface area contributed by atoms with Crippen LogP contribution in [0.4, 0.5) is 11.4 Å². The summed E-state index contributed by atoms with van der Waals surface area (Å²) in [6.45, 7) is 4.94. The summed E-state index contributed by atoms with van der Waals surface area (Å²) < 4.78 is 1.71. The van der Waals surface area contributed by atoms with Gasteiger partial charge in [-0.05, 0) is 38.5 Å². The zero-order valence-electron chi connectivity index (χ0n) is 15.6. The van der Waals surface area contributed by atoms with Gasteiger partial charge in [0.2, 0.25) is 0 Å². The maximum Gasteiger partial charge on any atom is 0.259 e. The van der Waals surface area contributed by atoms with Crippen LogP contribution >= 0.6 is 0 Å². The quantitative estimate of drug-likeness (QED) is 0.677. The zero-order chi connectivity index (χ0) is 18.4. The zero-order valence-corrected chi connectivity index (χ0v) is 15.6. The monoisotopic (exact) mass is 349 g/mol. The van der Waals surface area contributed by atoms with E-state index in [1.54, 1.807) is 10.9 Å². The average Bonchev–Trinajstić information content (AvgIpc) is 2.94. The topological polar surface area (TPSA) is 54.3 Å². The molecule has 1 atom stereocenters. The number of hydrogen-bond donors (Lipinski definition) is 0. The van der Waals surface area contributed by atoms with Crippen molar-refractivity contribution in [1.29, 1.82) is 0 Å². The number of anilines is 2. The number of aryl methyl sites for hydroxylation is 2. The minimum Gasteiger partial charge on any atom is -0.373 e. The summed E-state index contributed by atoms with van der Waals surface area (Å²) in [7, 11) is 3.93. The smallest absolute Gasteiger partial charge is 0.259 e. The molecule has 3 aromatic rings. The van der Waals surface area contributed by atoms with Crippen LogP contribution in [0.3, 0.4) is 0 Å². The van der Waals surface area contributed by atoms with Crippen LogP contribution in [0.2, 0.25) is 0 Å². The van der Waals surface area contributed by atoms with E-state index in [9.17, 15) is 4.79 Å². The SMILES string of the molecule is Cc1cc(C(=O)N2c3ccccc3N(C)CC[C@@H]2C)c2cnn(C)c2n1. The fraction of sp³-hybridized carbons (Fsp3) is 0.350. The van der Waals surface area contributed by atoms with E-state index in [2.05, 4.69) is 35.0 Å². The lowest BCUT2D eigenvalue weighted by Crippen LogP contribution is -2.38. The number of carbonyl (C=O) groups excluding carboxylic acids is 1. The van der Waals surface area contributed by atoms with Crippen molar-refractivity contribution < 1.29 is 4.79 Å². The Bertz CT molecular complexity index is 993. The number of pyridine rings is 1. The number of aromatic nitrogens is 3. The molecule has 0 bridgehead atoms. The molecule has 0 spiro atoms. The van der Waals surface area contributed by atoms with Gasteiger partial charge in [-0.3, -0.25) is 9.48 Å². The van der Waals surface area contributed by atoms with Gasteiger partial charge < -0.3 is 9.80 Å². The summed E-state index contributed by atoms with van der Waals surface area (Å²) >= 11 is 0. The van der Waals surface area contributed by atoms with E-state index < -0.39 is 0 Å². The Morgan fingerprint density at radius 1 is 1.19 bits per heavy atom. The fourth-order valence-corrected chi connectivity index (χ4v) is 3.71. The van der Waals surface area contributed by atoms with E-state index in [1.807, 2.05) is 43.1 Å². The molecule has 3 heterocycles. The third kappa shape index (κ3) is 2.53. The largest absolute Gasteiger partial charge is 0.373 e. The second-order valence-corrected chi connectivity index (χ2v) is 7.04. The van der Waals surface area contributed by atoms with Crippen molar-refractivity contribution in [3.8, 4) is 0 Å². The molecule has 0 fully saturated rings. The molecule has 0 saturated carbocycles. The standard InChI is InChI=1S/C20H23N5O/c1-13-11-15(16-12-21-24(4)19(16)22-13)20(26)25-14(2)9-10-23(3)17-7-5-6-8-18(17)25/h5-8,11-12,14H,9-10H2,1-4H3/t14-/m0/s1. The Morgan fingerprint density at radius 3 is 2.69 bits per heavy atom. The number of para-hydroxylation sites is 2. The Labute approximate surface area is 153 Å². The Hall–Kier alpha value is -2.89. The van der Waals surface area contributed by atoms with E-state index in [-0.39, 0.29) is 11.9 Å². The molecule has 0 N–H and O–H groups in total. The molecule has 2 aromatic heterocycles. The van der Waals surface area contributed by atoms with Crippen LogP contribution in [0.25, 0.3) is 11.0 Å². The van der Waals surface area contributed by atoms with Crippen LogP contribution in [0.1, 0.15) is 29.4 Å². The first-order valence-corrected chi connectivity index (χ1v) is 8.90. The number of carbonyl (C=O) groups is 1. The molecule has 4 rings (SSSR count). The lowest BCUT2D eigenvalue weighted by atomic mass is 10.1. The van der Waals surface area contributed by atoms with E-state index in [1.165, 1.54) is 0 Å². The van der Waals surface area contributed by atoms with Crippen LogP contribution < -0.4 is 9.80 Å². The number of rotatable bonds is 1. The normalized spacial score (nSPS) is 17.3. The van der Waals surface area contributed by atoms with Gasteiger partial charge in [-0.2, -0.15) is 5.10 Å². The maximum absolute atomic E-state index is 13.7. The second-order valence-electron chi connectivity index (χ2n) is 7.04. The van der Waals surface area contributed by atoms with Crippen molar-refractivity contribution in [3.05, 3.63) is 47.8 Å². The van der Waals surface area contributed by atoms with Gasteiger partial charge in [0.05, 0.1) is 28.5 Å². The molecular weight excluding hydrogens is 326 g/mol. The molecule has 0 aliphatic carbocycles. The predicted molar refractivity (Wildman–Crippen MR) is 104 cm³/mol. The summed E-state index contributed by atoms with van der Waals surface area (Å²) in [5.74, 6) is 0.00347. The lowest BCUT2D eigenvalue weighted by Gasteiger charge is -2.29. The molecule has 1 amide bonds. The van der Waals surface area contributed by atoms with Crippen molar-refractivity contribution in [2.75, 3.05) is 23.4 Å². The summed E-state index contributed by atoms with van der Waals surface area (Å²) in [6.07, 6.45) is 2.65. The van der Waals surface area contributed by atoms with Gasteiger partial charge in [0.25, 0.3) is 5.91 Å². The molecule has 1 aliphatic rings. The summed E-state index contributed by atoms with van der Waals surface area (Å²) in [4.78, 5) is 22.3. The predicted octanol–water partition coefficient (Wildman–Crippen LogP) is 3.15. The number of hydrogen-bond acceptors (Lipinski definition) is 4. The molecule has 0 radical (unpaired) electrons. The molecule has 0 unspecified atom stereocenters. The number of benzene rings is 1. The highest BCUT2D eigenvalue weighted by Gasteiger charge is 2.30. The molecule has 26 heavy (non-hydrogen) atoms. The van der Waals surface area contributed by atoms with Gasteiger partial charge in [0.1, 0.15) is 0 Å². The van der Waals surface area contributed by atoms with Crippen molar-refractivity contribution in [2.24, 2.45) is 7.05 Å². The first-order valence-electron chi connectivity index (χ1n) is 8.90. The lowest BCUT2D eigenvalue weighted by molar-refractivity contribution is 0.0979. The third-order valence-corrected chi connectivity index (χ3v) is 5.16. The maximum atomic E-state index is 13.7. The van der Waals surface area contributed by atoms with Crippen molar-refractivity contribution in [2.45, 2.75) is 26.3 Å². The van der Waals surface area contributed by atoms with E-state index in [0.29, 0.717) is 5.56 Å². The van der Waals surface area contributed by atoms with E-state index in [4.69, 9.17) is 0 Å². The van der Waals surface area contributed by atoms with Crippen LogP contribution in [-0.2, 0) is 7.05 Å². The molecular formula is C20H23N5O. The highest BCUT2D eigenvalue weighted by molar-refractivity contribution is 6.14. The van der Waals surface area contributed by atoms with Crippen LogP contribution in [-0.4, -0.2) is 40.3 Å². The van der Waals surface area contributed by atoms with Gasteiger partial charge in [-0.1, -0.05) is 12.1 Å². The highest BCUT2D eigenvalue weighted by Crippen LogP contribution is 2.35. The Balaban J connectivity index is 1.89. The number of fused-ring (bicyclic) bond motifs is 2. The number of amides is 1. The van der Waals surface area contributed by atoms with Crippen LogP contribution in [0, 0.1) is 6.92 Å². The van der Waals surface area contributed by atoms with Crippen molar-refractivity contribution in [1.82, 2.24) is 14.8 Å². The summed E-state index contributed by atoms with van der Waals surface area (Å²) in [5.41, 5.74) is 4.25. The van der Waals surface area contributed by atoms with E-state index in [0.717, 1.165) is 41.1 Å². The molecule has 1 aromatic carbocycles. The Kier molecular flexibility index (Phi) is 3.90. The minimum absolute atomic E-state index is 0.00347. The summed E-state index contributed by atoms with van der Waals surface area (Å²) in [5, 5.41) is 5.09. The number of nitrogens with zero attached hydrogens (tertiary/aromatic N) is 5. The minimum atomic E-state index is 0.00347.